The van der Waals surface area contributed by atoms with Gasteiger partial charge >= 0.3 is 0 Å². The van der Waals surface area contributed by atoms with Gasteiger partial charge in [-0.1, -0.05) is 31.5 Å². The Labute approximate surface area is 147 Å². The van der Waals surface area contributed by atoms with Gasteiger partial charge in [0.15, 0.2) is 0 Å². The van der Waals surface area contributed by atoms with Crippen LogP contribution in [0.15, 0.2) is 47.5 Å². The summed E-state index contributed by atoms with van der Waals surface area (Å²) in [4.78, 5) is 15.9. The van der Waals surface area contributed by atoms with Crippen LogP contribution in [0.1, 0.15) is 41.5 Å². The fourth-order valence-corrected chi connectivity index (χ4v) is 3.67. The molecule has 0 aliphatic carbocycles. The lowest BCUT2D eigenvalue weighted by Gasteiger charge is -2.22. The number of aromatic nitrogens is 1. The van der Waals surface area contributed by atoms with Crippen LogP contribution in [-0.4, -0.2) is 24.5 Å². The summed E-state index contributed by atoms with van der Waals surface area (Å²) >= 11 is 0. The van der Waals surface area contributed by atoms with Crippen LogP contribution in [0.5, 0.6) is 0 Å². The van der Waals surface area contributed by atoms with Gasteiger partial charge in [0, 0.05) is 11.8 Å². The van der Waals surface area contributed by atoms with Crippen molar-refractivity contribution in [1.29, 1.82) is 0 Å². The van der Waals surface area contributed by atoms with Crippen LogP contribution in [-0.2, 0) is 10.0 Å². The van der Waals surface area contributed by atoms with Gasteiger partial charge in [0.2, 0.25) is 10.0 Å². The smallest absolute Gasteiger partial charge is 0.274 e. The van der Waals surface area contributed by atoms with Gasteiger partial charge in [-0.15, -0.1) is 0 Å². The summed E-state index contributed by atoms with van der Waals surface area (Å²) < 4.78 is 27.9. The molecule has 1 amide bonds. The van der Waals surface area contributed by atoms with Crippen molar-refractivity contribution < 1.29 is 18.4 Å². The molecule has 0 aliphatic rings. The summed E-state index contributed by atoms with van der Waals surface area (Å²) in [6.07, 6.45) is 1.40. The molecule has 0 bridgehead atoms. The molecular formula is C17H21N3O4S. The molecule has 0 fully saturated rings. The number of hydroxylamine groups is 1. The number of hydrogen-bond acceptors (Lipinski definition) is 5. The number of hydrogen-bond donors (Lipinski definition) is 3. The molecule has 1 atom stereocenters. The molecule has 8 heteroatoms. The van der Waals surface area contributed by atoms with E-state index in [2.05, 4.69) is 9.71 Å². The van der Waals surface area contributed by atoms with Crippen LogP contribution in [0.25, 0.3) is 0 Å². The second kappa shape index (κ2) is 7.73. The highest BCUT2D eigenvalue weighted by atomic mass is 32.2. The van der Waals surface area contributed by atoms with E-state index in [0.29, 0.717) is 5.69 Å². The van der Waals surface area contributed by atoms with Crippen LogP contribution in [0.2, 0.25) is 0 Å². The van der Waals surface area contributed by atoms with E-state index in [1.54, 1.807) is 17.6 Å². The standard InChI is InChI=1S/C17H21N3O4S/c1-11(2)16(15-10-13(8-9-18-15)17(21)19-22)20-25(23,24)14-6-4-12(3)5-7-14/h4-11,16,20,22H,1-3H3,(H,19,21)/t16-/m1/s1. The van der Waals surface area contributed by atoms with Crippen molar-refractivity contribution in [1.82, 2.24) is 15.2 Å². The van der Waals surface area contributed by atoms with E-state index in [1.807, 2.05) is 20.8 Å². The normalized spacial score (nSPS) is 12.8. The van der Waals surface area contributed by atoms with Crippen LogP contribution in [0, 0.1) is 12.8 Å². The Morgan fingerprint density at radius 2 is 1.80 bits per heavy atom. The quantitative estimate of drug-likeness (QED) is 0.538. The van der Waals surface area contributed by atoms with E-state index in [9.17, 15) is 13.2 Å². The van der Waals surface area contributed by atoms with Gasteiger partial charge < -0.3 is 0 Å². The topological polar surface area (TPSA) is 108 Å². The van der Waals surface area contributed by atoms with E-state index >= 15 is 0 Å². The molecular weight excluding hydrogens is 342 g/mol. The lowest BCUT2D eigenvalue weighted by atomic mass is 10.0. The first-order valence-corrected chi connectivity index (χ1v) is 9.22. The number of benzene rings is 1. The van der Waals surface area contributed by atoms with E-state index in [0.717, 1.165) is 5.56 Å². The molecule has 3 N–H and O–H groups in total. The molecule has 1 aromatic heterocycles. The fraction of sp³-hybridized carbons (Fsp3) is 0.294. The second-order valence-corrected chi connectivity index (χ2v) is 7.78. The lowest BCUT2D eigenvalue weighted by molar-refractivity contribution is 0.0706. The first kappa shape index (κ1) is 19.0. The van der Waals surface area contributed by atoms with Crippen molar-refractivity contribution >= 4 is 15.9 Å². The van der Waals surface area contributed by atoms with Crippen LogP contribution in [0.3, 0.4) is 0 Å². The summed E-state index contributed by atoms with van der Waals surface area (Å²) in [6.45, 7) is 5.58. The van der Waals surface area contributed by atoms with Gasteiger partial charge in [-0.3, -0.25) is 15.0 Å². The first-order valence-electron chi connectivity index (χ1n) is 7.74. The summed E-state index contributed by atoms with van der Waals surface area (Å²) in [6, 6.07) is 8.79. The number of aryl methyl sites for hydroxylation is 1. The number of carbonyl (C=O) groups excluding carboxylic acids is 1. The van der Waals surface area contributed by atoms with E-state index < -0.39 is 22.0 Å². The predicted molar refractivity (Wildman–Crippen MR) is 92.6 cm³/mol. The third-order valence-corrected chi connectivity index (χ3v) is 5.20. The molecule has 25 heavy (non-hydrogen) atoms. The Morgan fingerprint density at radius 1 is 1.16 bits per heavy atom. The Hall–Kier alpha value is -2.29. The average Bonchev–Trinajstić information content (AvgIpc) is 2.59. The van der Waals surface area contributed by atoms with Gasteiger partial charge in [0.1, 0.15) is 0 Å². The SMILES string of the molecule is Cc1ccc(S(=O)(=O)N[C@@H](c2cc(C(=O)NO)ccn2)C(C)C)cc1. The van der Waals surface area contributed by atoms with Crippen molar-refractivity contribution in [2.75, 3.05) is 0 Å². The molecule has 0 spiro atoms. The zero-order chi connectivity index (χ0) is 18.6. The Kier molecular flexibility index (Phi) is 5.89. The maximum atomic E-state index is 12.6. The molecule has 0 unspecified atom stereocenters. The number of nitrogens with one attached hydrogen (secondary N) is 2. The van der Waals surface area contributed by atoms with Gasteiger partial charge in [-0.2, -0.15) is 0 Å². The van der Waals surface area contributed by atoms with Crippen molar-refractivity contribution in [3.05, 3.63) is 59.4 Å². The van der Waals surface area contributed by atoms with E-state index in [-0.39, 0.29) is 16.4 Å². The highest BCUT2D eigenvalue weighted by Gasteiger charge is 2.25. The van der Waals surface area contributed by atoms with Gasteiger partial charge in [0.25, 0.3) is 5.91 Å². The number of amides is 1. The highest BCUT2D eigenvalue weighted by molar-refractivity contribution is 7.89. The highest BCUT2D eigenvalue weighted by Crippen LogP contribution is 2.23. The van der Waals surface area contributed by atoms with E-state index in [4.69, 9.17) is 5.21 Å². The maximum absolute atomic E-state index is 12.6. The van der Waals surface area contributed by atoms with Crippen molar-refractivity contribution in [3.8, 4) is 0 Å². The first-order chi connectivity index (χ1) is 11.7. The largest absolute Gasteiger partial charge is 0.288 e. The zero-order valence-corrected chi connectivity index (χ0v) is 15.0. The molecule has 1 aromatic carbocycles. The van der Waals surface area contributed by atoms with Gasteiger partial charge in [-0.05, 0) is 37.1 Å². The predicted octanol–water partition coefficient (Wildman–Crippen LogP) is 2.18. The molecule has 0 saturated heterocycles. The Bertz CT molecular complexity index is 848. The summed E-state index contributed by atoms with van der Waals surface area (Å²) in [5.74, 6) is -0.798. The van der Waals surface area contributed by atoms with Gasteiger partial charge in [0.05, 0.1) is 16.6 Å². The third kappa shape index (κ3) is 4.62. The Balaban J connectivity index is 2.36. The third-order valence-electron chi connectivity index (χ3n) is 3.74. The number of pyridine rings is 1. The summed E-state index contributed by atoms with van der Waals surface area (Å²) in [7, 11) is -3.75. The average molecular weight is 363 g/mol. The van der Waals surface area contributed by atoms with Crippen LogP contribution in [0.4, 0.5) is 0 Å². The number of carbonyl (C=O) groups is 1. The number of sulfonamides is 1. The maximum Gasteiger partial charge on any atom is 0.274 e. The summed E-state index contributed by atoms with van der Waals surface area (Å²) in [5.41, 5.74) is 3.10. The number of rotatable bonds is 6. The molecule has 0 radical (unpaired) electrons. The molecule has 2 aromatic rings. The monoisotopic (exact) mass is 363 g/mol. The molecule has 134 valence electrons. The van der Waals surface area contributed by atoms with Crippen LogP contribution >= 0.6 is 0 Å². The minimum absolute atomic E-state index is 0.111. The lowest BCUT2D eigenvalue weighted by Crippen LogP contribution is -2.32. The molecule has 0 saturated carbocycles. The minimum atomic E-state index is -3.75. The molecule has 7 nitrogen and oxygen atoms in total. The Morgan fingerprint density at radius 3 is 2.36 bits per heavy atom. The van der Waals surface area contributed by atoms with Crippen molar-refractivity contribution in [3.63, 3.8) is 0 Å². The van der Waals surface area contributed by atoms with Crippen molar-refractivity contribution in [2.45, 2.75) is 31.7 Å². The van der Waals surface area contributed by atoms with Crippen molar-refractivity contribution in [2.24, 2.45) is 5.92 Å². The fourth-order valence-electron chi connectivity index (χ4n) is 2.31. The van der Waals surface area contributed by atoms with E-state index in [1.165, 1.54) is 30.5 Å². The zero-order valence-electron chi connectivity index (χ0n) is 14.2. The minimum Gasteiger partial charge on any atom is -0.288 e. The number of nitrogens with zero attached hydrogens (tertiary/aromatic N) is 1. The summed E-state index contributed by atoms with van der Waals surface area (Å²) in [5, 5.41) is 8.75. The molecule has 0 aliphatic heterocycles. The molecule has 1 heterocycles. The van der Waals surface area contributed by atoms with Gasteiger partial charge in [-0.25, -0.2) is 18.6 Å². The van der Waals surface area contributed by atoms with Crippen LogP contribution < -0.4 is 10.2 Å². The molecule has 2 rings (SSSR count). The second-order valence-electron chi connectivity index (χ2n) is 6.07.